The number of anilines is 1. The number of benzene rings is 1. The number of nitrogens with one attached hydrogen (secondary N) is 2. The van der Waals surface area contributed by atoms with E-state index in [9.17, 15) is 14.0 Å². The van der Waals surface area contributed by atoms with Gasteiger partial charge in [-0.15, -0.1) is 11.3 Å². The van der Waals surface area contributed by atoms with E-state index >= 15 is 0 Å². The average molecular weight is 380 g/mol. The van der Waals surface area contributed by atoms with E-state index < -0.39 is 17.6 Å². The molecule has 0 fully saturated rings. The van der Waals surface area contributed by atoms with E-state index in [2.05, 4.69) is 15.8 Å². The summed E-state index contributed by atoms with van der Waals surface area (Å²) in [5.74, 6) is -1.11. The van der Waals surface area contributed by atoms with Crippen LogP contribution in [0.4, 0.5) is 10.1 Å². The van der Waals surface area contributed by atoms with Crippen molar-refractivity contribution < 1.29 is 18.5 Å². The van der Waals surface area contributed by atoms with Gasteiger partial charge in [0, 0.05) is 11.8 Å². The van der Waals surface area contributed by atoms with Crippen molar-refractivity contribution in [3.8, 4) is 10.6 Å². The second-order valence-electron chi connectivity index (χ2n) is 4.92. The van der Waals surface area contributed by atoms with Gasteiger partial charge in [0.1, 0.15) is 5.82 Å². The lowest BCUT2D eigenvalue weighted by Gasteiger charge is -2.05. The molecule has 0 saturated heterocycles. The molecule has 3 rings (SSSR count). The van der Waals surface area contributed by atoms with Gasteiger partial charge in [-0.2, -0.15) is 0 Å². The number of hydrogen-bond donors (Lipinski definition) is 2. The third-order valence-electron chi connectivity index (χ3n) is 3.08. The molecule has 6 nitrogen and oxygen atoms in total. The second-order valence-corrected chi connectivity index (χ2v) is 6.64. The predicted molar refractivity (Wildman–Crippen MR) is 92.2 cm³/mol. The summed E-state index contributed by atoms with van der Waals surface area (Å²) in [6.07, 6.45) is 0. The Kier molecular flexibility index (Phi) is 5.11. The molecule has 2 heterocycles. The molecule has 128 valence electrons. The van der Waals surface area contributed by atoms with Gasteiger partial charge in [-0.1, -0.05) is 22.8 Å². The van der Waals surface area contributed by atoms with Crippen LogP contribution in [0, 0.1) is 5.82 Å². The van der Waals surface area contributed by atoms with Crippen LogP contribution in [-0.2, 0) is 4.79 Å². The Hall–Kier alpha value is -2.71. The number of thiophene rings is 1. The SMILES string of the molecule is O=C(CNC(=O)c1cc(-c2ccc(Cl)s2)on1)Nc1cccc(F)c1. The first-order valence-electron chi connectivity index (χ1n) is 7.07. The summed E-state index contributed by atoms with van der Waals surface area (Å²) < 4.78 is 18.7. The fourth-order valence-electron chi connectivity index (χ4n) is 1.97. The molecule has 0 unspecified atom stereocenters. The highest BCUT2D eigenvalue weighted by atomic mass is 35.5. The molecule has 0 bridgehead atoms. The summed E-state index contributed by atoms with van der Waals surface area (Å²) in [5, 5.41) is 8.56. The number of hydrogen-bond acceptors (Lipinski definition) is 5. The molecule has 3 aromatic rings. The topological polar surface area (TPSA) is 84.2 Å². The number of carbonyl (C=O) groups excluding carboxylic acids is 2. The highest BCUT2D eigenvalue weighted by Crippen LogP contribution is 2.31. The van der Waals surface area contributed by atoms with Crippen LogP contribution in [0.5, 0.6) is 0 Å². The van der Waals surface area contributed by atoms with Gasteiger partial charge in [0.05, 0.1) is 15.8 Å². The van der Waals surface area contributed by atoms with Gasteiger partial charge in [-0.05, 0) is 30.3 Å². The zero-order valence-corrected chi connectivity index (χ0v) is 14.2. The highest BCUT2D eigenvalue weighted by Gasteiger charge is 2.15. The lowest BCUT2D eigenvalue weighted by atomic mass is 10.3. The molecular weight excluding hydrogens is 369 g/mol. The molecule has 9 heteroatoms. The van der Waals surface area contributed by atoms with Crippen molar-refractivity contribution in [2.24, 2.45) is 0 Å². The summed E-state index contributed by atoms with van der Waals surface area (Å²) in [6.45, 7) is -0.289. The first-order valence-corrected chi connectivity index (χ1v) is 8.27. The quantitative estimate of drug-likeness (QED) is 0.709. The van der Waals surface area contributed by atoms with Gasteiger partial charge in [-0.3, -0.25) is 9.59 Å². The van der Waals surface area contributed by atoms with Gasteiger partial charge in [0.25, 0.3) is 5.91 Å². The molecule has 2 aromatic heterocycles. The molecule has 0 saturated carbocycles. The Labute approximate surface area is 150 Å². The molecule has 0 aliphatic rings. The fourth-order valence-corrected chi connectivity index (χ4v) is 2.96. The third kappa shape index (κ3) is 4.43. The molecule has 0 radical (unpaired) electrons. The van der Waals surface area contributed by atoms with Crippen molar-refractivity contribution in [3.63, 3.8) is 0 Å². The predicted octanol–water partition coefficient (Wildman–Crippen LogP) is 3.56. The van der Waals surface area contributed by atoms with Gasteiger partial charge < -0.3 is 15.2 Å². The zero-order valence-electron chi connectivity index (χ0n) is 12.6. The fraction of sp³-hybridized carbons (Fsp3) is 0.0625. The minimum atomic E-state index is -0.563. The average Bonchev–Trinajstić information content (AvgIpc) is 3.21. The van der Waals surface area contributed by atoms with Crippen molar-refractivity contribution in [1.29, 1.82) is 0 Å². The lowest BCUT2D eigenvalue weighted by molar-refractivity contribution is -0.115. The Morgan fingerprint density at radius 1 is 1.24 bits per heavy atom. The minimum Gasteiger partial charge on any atom is -0.355 e. The maximum atomic E-state index is 13.0. The minimum absolute atomic E-state index is 0.0399. The van der Waals surface area contributed by atoms with Gasteiger partial charge in [0.2, 0.25) is 5.91 Å². The summed E-state index contributed by atoms with van der Waals surface area (Å²) in [7, 11) is 0. The summed E-state index contributed by atoms with van der Waals surface area (Å²) in [5.41, 5.74) is 0.343. The molecule has 25 heavy (non-hydrogen) atoms. The first-order chi connectivity index (χ1) is 12.0. The lowest BCUT2D eigenvalue weighted by Crippen LogP contribution is -2.33. The van der Waals surface area contributed by atoms with Crippen molar-refractivity contribution in [2.75, 3.05) is 11.9 Å². The number of aromatic nitrogens is 1. The maximum absolute atomic E-state index is 13.0. The summed E-state index contributed by atoms with van der Waals surface area (Å²) in [4.78, 5) is 24.5. The van der Waals surface area contributed by atoms with Crippen molar-refractivity contribution in [2.45, 2.75) is 0 Å². The van der Waals surface area contributed by atoms with Crippen LogP contribution in [0.3, 0.4) is 0 Å². The van der Waals surface area contributed by atoms with Crippen LogP contribution in [0.15, 0.2) is 47.0 Å². The van der Waals surface area contributed by atoms with E-state index in [1.165, 1.54) is 35.6 Å². The van der Waals surface area contributed by atoms with Crippen LogP contribution in [0.2, 0.25) is 4.34 Å². The number of nitrogens with zero attached hydrogens (tertiary/aromatic N) is 1. The Bertz CT molecular complexity index is 925. The smallest absolute Gasteiger partial charge is 0.273 e. The largest absolute Gasteiger partial charge is 0.355 e. The van der Waals surface area contributed by atoms with Crippen LogP contribution in [0.25, 0.3) is 10.6 Å². The molecular formula is C16H11ClFN3O3S. The van der Waals surface area contributed by atoms with E-state index in [1.807, 2.05) is 0 Å². The summed E-state index contributed by atoms with van der Waals surface area (Å²) in [6, 6.07) is 10.4. The molecule has 2 N–H and O–H groups in total. The van der Waals surface area contributed by atoms with E-state index in [-0.39, 0.29) is 12.2 Å². The molecule has 0 spiro atoms. The first kappa shape index (κ1) is 17.1. The molecule has 0 atom stereocenters. The molecule has 1 aromatic carbocycles. The van der Waals surface area contributed by atoms with Crippen molar-refractivity contribution >= 4 is 40.4 Å². The Balaban J connectivity index is 1.56. The standard InChI is InChI=1S/C16H11ClFN3O3S/c17-14-5-4-13(25-14)12-7-11(21-24-12)16(23)19-8-15(22)20-10-3-1-2-9(18)6-10/h1-7H,8H2,(H,19,23)(H,20,22). The van der Waals surface area contributed by atoms with E-state index in [0.29, 0.717) is 15.8 Å². The monoisotopic (exact) mass is 379 g/mol. The number of rotatable bonds is 5. The molecule has 0 aliphatic heterocycles. The third-order valence-corrected chi connectivity index (χ3v) is 4.32. The van der Waals surface area contributed by atoms with E-state index in [4.69, 9.17) is 16.1 Å². The van der Waals surface area contributed by atoms with Crippen LogP contribution < -0.4 is 10.6 Å². The normalized spacial score (nSPS) is 10.5. The van der Waals surface area contributed by atoms with Crippen molar-refractivity contribution in [1.82, 2.24) is 10.5 Å². The highest BCUT2D eigenvalue weighted by molar-refractivity contribution is 7.19. The van der Waals surface area contributed by atoms with Crippen LogP contribution in [-0.4, -0.2) is 23.5 Å². The number of halogens is 2. The molecule has 2 amide bonds. The van der Waals surface area contributed by atoms with Crippen molar-refractivity contribution in [3.05, 3.63) is 58.3 Å². The second kappa shape index (κ2) is 7.45. The van der Waals surface area contributed by atoms with Gasteiger partial charge in [0.15, 0.2) is 11.5 Å². The van der Waals surface area contributed by atoms with E-state index in [0.717, 1.165) is 4.88 Å². The molecule has 0 aliphatic carbocycles. The summed E-state index contributed by atoms with van der Waals surface area (Å²) >= 11 is 7.14. The van der Waals surface area contributed by atoms with Gasteiger partial charge >= 0.3 is 0 Å². The maximum Gasteiger partial charge on any atom is 0.273 e. The van der Waals surface area contributed by atoms with E-state index in [1.54, 1.807) is 18.2 Å². The van der Waals surface area contributed by atoms with Crippen LogP contribution in [0.1, 0.15) is 10.5 Å². The number of carbonyl (C=O) groups is 2. The van der Waals surface area contributed by atoms with Gasteiger partial charge in [-0.25, -0.2) is 4.39 Å². The zero-order chi connectivity index (χ0) is 17.8. The van der Waals surface area contributed by atoms with Crippen LogP contribution >= 0.6 is 22.9 Å². The Morgan fingerprint density at radius 2 is 2.08 bits per heavy atom. The Morgan fingerprint density at radius 3 is 2.80 bits per heavy atom. The number of amides is 2.